The lowest BCUT2D eigenvalue weighted by molar-refractivity contribution is -0.122. The van der Waals surface area contributed by atoms with Crippen LogP contribution >= 0.6 is 23.7 Å². The summed E-state index contributed by atoms with van der Waals surface area (Å²) in [4.78, 5) is 14.3. The molecule has 7 heteroatoms. The number of likely N-dealkylation sites (tertiary alicyclic amines) is 1. The molecular formula is C17H29ClN2O3S. The van der Waals surface area contributed by atoms with Gasteiger partial charge in [0.25, 0.3) is 0 Å². The molecule has 1 aromatic rings. The summed E-state index contributed by atoms with van der Waals surface area (Å²) < 4.78 is 0. The van der Waals surface area contributed by atoms with Crippen LogP contribution in [0.4, 0.5) is 0 Å². The summed E-state index contributed by atoms with van der Waals surface area (Å²) in [6.07, 6.45) is 1.27. The molecule has 5 nitrogen and oxygen atoms in total. The lowest BCUT2D eigenvalue weighted by Crippen LogP contribution is -2.43. The highest BCUT2D eigenvalue weighted by Crippen LogP contribution is 2.26. The lowest BCUT2D eigenvalue weighted by Gasteiger charge is -2.24. The Kier molecular flexibility index (Phi) is 9.23. The van der Waals surface area contributed by atoms with Gasteiger partial charge in [-0.2, -0.15) is 11.3 Å². The van der Waals surface area contributed by atoms with Gasteiger partial charge in [-0.3, -0.25) is 9.69 Å². The maximum atomic E-state index is 12.3. The van der Waals surface area contributed by atoms with Gasteiger partial charge >= 0.3 is 0 Å². The van der Waals surface area contributed by atoms with E-state index in [1.807, 2.05) is 5.38 Å². The molecule has 0 unspecified atom stereocenters. The largest absolute Gasteiger partial charge is 0.395 e. The molecule has 0 radical (unpaired) electrons. The standard InChI is InChI=1S/C17H28N2O3S.ClH/c1-12(2)15-7-19(14(9-20)10-21)8-16(15)18-17(22)4-3-13-5-6-23-11-13;/h5-6,11-12,14-16,20-21H,3-4,7-10H2,1-2H3,(H,18,22);1H/t15-,16+;/m1./s1. The van der Waals surface area contributed by atoms with Crippen molar-refractivity contribution in [2.24, 2.45) is 11.8 Å². The molecule has 3 N–H and O–H groups in total. The van der Waals surface area contributed by atoms with Crippen LogP contribution in [0, 0.1) is 11.8 Å². The molecule has 138 valence electrons. The van der Waals surface area contributed by atoms with Gasteiger partial charge < -0.3 is 15.5 Å². The van der Waals surface area contributed by atoms with Gasteiger partial charge in [-0.15, -0.1) is 12.4 Å². The molecule has 2 rings (SSSR count). The minimum atomic E-state index is -0.232. The van der Waals surface area contributed by atoms with Crippen molar-refractivity contribution in [3.63, 3.8) is 0 Å². The predicted molar refractivity (Wildman–Crippen MR) is 99.7 cm³/mol. The van der Waals surface area contributed by atoms with E-state index in [-0.39, 0.29) is 43.6 Å². The quantitative estimate of drug-likeness (QED) is 0.643. The number of aliphatic hydroxyl groups excluding tert-OH is 2. The van der Waals surface area contributed by atoms with Gasteiger partial charge in [0.2, 0.25) is 5.91 Å². The number of carbonyl (C=O) groups is 1. The van der Waals surface area contributed by atoms with Crippen LogP contribution in [-0.4, -0.2) is 59.4 Å². The number of hydrogen-bond acceptors (Lipinski definition) is 5. The normalized spacial score (nSPS) is 21.2. The number of rotatable bonds is 8. The molecule has 24 heavy (non-hydrogen) atoms. The van der Waals surface area contributed by atoms with E-state index in [1.165, 1.54) is 5.56 Å². The van der Waals surface area contributed by atoms with Gasteiger partial charge in [-0.05, 0) is 40.6 Å². The third-order valence-corrected chi connectivity index (χ3v) is 5.49. The molecule has 1 saturated heterocycles. The monoisotopic (exact) mass is 376 g/mol. The first kappa shape index (κ1) is 21.4. The summed E-state index contributed by atoms with van der Waals surface area (Å²) >= 11 is 1.65. The van der Waals surface area contributed by atoms with Crippen LogP contribution in [0.1, 0.15) is 25.8 Å². The molecular weight excluding hydrogens is 348 g/mol. The molecule has 0 aliphatic carbocycles. The minimum Gasteiger partial charge on any atom is -0.395 e. The van der Waals surface area contributed by atoms with Gasteiger partial charge in [0, 0.05) is 25.6 Å². The van der Waals surface area contributed by atoms with E-state index in [4.69, 9.17) is 0 Å². The SMILES string of the molecule is CC(C)[C@H]1CN(C(CO)CO)C[C@@H]1NC(=O)CCc1ccsc1.Cl. The highest BCUT2D eigenvalue weighted by Gasteiger charge is 2.37. The summed E-state index contributed by atoms with van der Waals surface area (Å²) in [5.41, 5.74) is 1.21. The van der Waals surface area contributed by atoms with Crippen molar-refractivity contribution in [3.05, 3.63) is 22.4 Å². The summed E-state index contributed by atoms with van der Waals surface area (Å²) in [6, 6.07) is 1.91. The first-order valence-corrected chi connectivity index (χ1v) is 9.25. The van der Waals surface area contributed by atoms with Gasteiger partial charge in [-0.1, -0.05) is 13.8 Å². The number of aryl methyl sites for hydroxylation is 1. The Balaban J connectivity index is 0.00000288. The molecule has 2 heterocycles. The molecule has 1 aliphatic rings. The van der Waals surface area contributed by atoms with Crippen molar-refractivity contribution in [3.8, 4) is 0 Å². The van der Waals surface area contributed by atoms with Crippen molar-refractivity contribution in [2.75, 3.05) is 26.3 Å². The van der Waals surface area contributed by atoms with E-state index < -0.39 is 0 Å². The van der Waals surface area contributed by atoms with E-state index in [9.17, 15) is 15.0 Å². The van der Waals surface area contributed by atoms with Crippen LogP contribution in [0.3, 0.4) is 0 Å². The fourth-order valence-electron chi connectivity index (χ4n) is 3.25. The Hall–Kier alpha value is -0.660. The average molecular weight is 377 g/mol. The van der Waals surface area contributed by atoms with Crippen LogP contribution in [0.5, 0.6) is 0 Å². The molecule has 0 spiro atoms. The van der Waals surface area contributed by atoms with Gasteiger partial charge in [0.05, 0.1) is 19.3 Å². The fourth-order valence-corrected chi connectivity index (χ4v) is 3.95. The number of carbonyl (C=O) groups excluding carboxylic acids is 1. The molecule has 1 fully saturated rings. The Morgan fingerprint density at radius 2 is 2.08 bits per heavy atom. The summed E-state index contributed by atoms with van der Waals surface area (Å²) in [6.45, 7) is 5.70. The van der Waals surface area contributed by atoms with Crippen LogP contribution in [-0.2, 0) is 11.2 Å². The highest BCUT2D eigenvalue weighted by atomic mass is 35.5. The number of halogens is 1. The van der Waals surface area contributed by atoms with Crippen LogP contribution < -0.4 is 5.32 Å². The zero-order valence-corrected chi connectivity index (χ0v) is 16.0. The summed E-state index contributed by atoms with van der Waals surface area (Å²) in [5, 5.41) is 26.0. The highest BCUT2D eigenvalue weighted by molar-refractivity contribution is 7.07. The van der Waals surface area contributed by atoms with Gasteiger partial charge in [-0.25, -0.2) is 0 Å². The Morgan fingerprint density at radius 3 is 2.62 bits per heavy atom. The summed E-state index contributed by atoms with van der Waals surface area (Å²) in [7, 11) is 0. The van der Waals surface area contributed by atoms with Crippen molar-refractivity contribution in [1.29, 1.82) is 0 Å². The van der Waals surface area contributed by atoms with Crippen LogP contribution in [0.25, 0.3) is 0 Å². The second-order valence-electron chi connectivity index (χ2n) is 6.69. The number of hydrogen-bond donors (Lipinski definition) is 3. The average Bonchev–Trinajstić information content (AvgIpc) is 3.16. The molecule has 0 saturated carbocycles. The predicted octanol–water partition coefficient (Wildman–Crippen LogP) is 1.53. The third kappa shape index (κ3) is 5.70. The first-order chi connectivity index (χ1) is 11.0. The maximum absolute atomic E-state index is 12.3. The molecule has 1 aromatic heterocycles. The molecule has 0 aromatic carbocycles. The zero-order chi connectivity index (χ0) is 16.8. The van der Waals surface area contributed by atoms with E-state index >= 15 is 0 Å². The zero-order valence-electron chi connectivity index (χ0n) is 14.4. The fraction of sp³-hybridized carbons (Fsp3) is 0.706. The summed E-state index contributed by atoms with van der Waals surface area (Å²) in [5.74, 6) is 0.874. The smallest absolute Gasteiger partial charge is 0.220 e. The van der Waals surface area contributed by atoms with Gasteiger partial charge in [0.1, 0.15) is 0 Å². The molecule has 2 atom stereocenters. The Morgan fingerprint density at radius 1 is 1.38 bits per heavy atom. The third-order valence-electron chi connectivity index (χ3n) is 4.75. The van der Waals surface area contributed by atoms with E-state index in [1.54, 1.807) is 11.3 Å². The molecule has 0 bridgehead atoms. The minimum absolute atomic E-state index is 0. The van der Waals surface area contributed by atoms with Crippen LogP contribution in [0.15, 0.2) is 16.8 Å². The number of amides is 1. The number of aliphatic hydroxyl groups is 2. The van der Waals surface area contributed by atoms with Crippen molar-refractivity contribution >= 4 is 29.7 Å². The Bertz CT molecular complexity index is 480. The second kappa shape index (κ2) is 10.4. The van der Waals surface area contributed by atoms with Crippen molar-refractivity contribution in [1.82, 2.24) is 10.2 Å². The van der Waals surface area contributed by atoms with Crippen LogP contribution in [0.2, 0.25) is 0 Å². The van der Waals surface area contributed by atoms with Crippen molar-refractivity contribution < 1.29 is 15.0 Å². The molecule has 1 amide bonds. The Labute approximate surface area is 154 Å². The number of nitrogens with zero attached hydrogens (tertiary/aromatic N) is 1. The molecule has 1 aliphatic heterocycles. The van der Waals surface area contributed by atoms with E-state index in [2.05, 4.69) is 35.5 Å². The van der Waals surface area contributed by atoms with Gasteiger partial charge in [0.15, 0.2) is 0 Å². The second-order valence-corrected chi connectivity index (χ2v) is 7.47. The van der Waals surface area contributed by atoms with Crippen molar-refractivity contribution in [2.45, 2.75) is 38.8 Å². The number of thiophene rings is 1. The lowest BCUT2D eigenvalue weighted by atomic mass is 9.91. The van der Waals surface area contributed by atoms with E-state index in [0.717, 1.165) is 13.0 Å². The number of nitrogens with one attached hydrogen (secondary N) is 1. The van der Waals surface area contributed by atoms with E-state index in [0.29, 0.717) is 24.8 Å². The maximum Gasteiger partial charge on any atom is 0.220 e. The first-order valence-electron chi connectivity index (χ1n) is 8.31. The topological polar surface area (TPSA) is 72.8 Å².